The fourth-order valence-corrected chi connectivity index (χ4v) is 5.07. The van der Waals surface area contributed by atoms with Gasteiger partial charge in [-0.05, 0) is 73.0 Å². The Balaban J connectivity index is 1.49. The Bertz CT molecular complexity index is 1250. The zero-order valence-corrected chi connectivity index (χ0v) is 17.7. The van der Waals surface area contributed by atoms with Crippen LogP contribution in [-0.4, -0.2) is 27.5 Å². The van der Waals surface area contributed by atoms with E-state index in [1.807, 2.05) is 0 Å². The molecule has 1 heterocycles. The summed E-state index contributed by atoms with van der Waals surface area (Å²) in [6.07, 6.45) is 1.24. The van der Waals surface area contributed by atoms with Crippen LogP contribution in [0.3, 0.4) is 0 Å². The lowest BCUT2D eigenvalue weighted by Gasteiger charge is -2.31. The number of ether oxygens (including phenoxy) is 1. The quantitative estimate of drug-likeness (QED) is 0.603. The van der Waals surface area contributed by atoms with Gasteiger partial charge in [-0.25, -0.2) is 17.2 Å². The van der Waals surface area contributed by atoms with Crippen molar-refractivity contribution >= 4 is 27.3 Å². The predicted molar refractivity (Wildman–Crippen MR) is 116 cm³/mol. The highest BCUT2D eigenvalue weighted by Crippen LogP contribution is 2.33. The fraction of sp³-hybridized carbons (Fsp3) is 0.174. The lowest BCUT2D eigenvalue weighted by atomic mass is 10.0. The van der Waals surface area contributed by atoms with Crippen LogP contribution in [0, 0.1) is 11.6 Å². The van der Waals surface area contributed by atoms with E-state index < -0.39 is 27.6 Å². The number of nitrogens with one attached hydrogen (secondary N) is 1. The molecule has 0 bridgehead atoms. The van der Waals surface area contributed by atoms with Crippen LogP contribution in [0.25, 0.3) is 0 Å². The van der Waals surface area contributed by atoms with Gasteiger partial charge in [0.1, 0.15) is 5.82 Å². The van der Waals surface area contributed by atoms with Gasteiger partial charge in [-0.15, -0.1) is 0 Å². The third-order valence-corrected chi connectivity index (χ3v) is 6.86. The van der Waals surface area contributed by atoms with Crippen LogP contribution < -0.4 is 14.4 Å². The first-order chi connectivity index (χ1) is 15.3. The van der Waals surface area contributed by atoms with E-state index in [9.17, 15) is 22.0 Å². The molecular formula is C23H20F2N2O4S. The van der Waals surface area contributed by atoms with Crippen LogP contribution >= 0.6 is 0 Å². The Labute approximate surface area is 184 Å². The van der Waals surface area contributed by atoms with Crippen LogP contribution in [0.15, 0.2) is 71.6 Å². The number of benzene rings is 3. The van der Waals surface area contributed by atoms with Gasteiger partial charge in [0.2, 0.25) is 0 Å². The van der Waals surface area contributed by atoms with E-state index in [0.717, 1.165) is 17.7 Å². The molecule has 166 valence electrons. The highest BCUT2D eigenvalue weighted by molar-refractivity contribution is 7.92. The molecule has 1 aliphatic heterocycles. The molecule has 32 heavy (non-hydrogen) atoms. The van der Waals surface area contributed by atoms with Crippen molar-refractivity contribution in [1.82, 2.24) is 0 Å². The molecule has 0 atom stereocenters. The summed E-state index contributed by atoms with van der Waals surface area (Å²) in [5.41, 5.74) is 1.75. The van der Waals surface area contributed by atoms with E-state index in [0.29, 0.717) is 30.8 Å². The molecule has 1 amide bonds. The first-order valence-corrected chi connectivity index (χ1v) is 11.4. The van der Waals surface area contributed by atoms with Gasteiger partial charge in [0.05, 0.1) is 10.6 Å². The Morgan fingerprint density at radius 1 is 1.03 bits per heavy atom. The van der Waals surface area contributed by atoms with Gasteiger partial charge < -0.3 is 10.1 Å². The number of amides is 1. The highest BCUT2D eigenvalue weighted by Gasteiger charge is 2.29. The zero-order valence-electron chi connectivity index (χ0n) is 16.9. The third-order valence-electron chi connectivity index (χ3n) is 5.04. The number of hydrogen-bond donors (Lipinski definition) is 1. The summed E-state index contributed by atoms with van der Waals surface area (Å²) in [4.78, 5) is 12.2. The molecule has 4 rings (SSSR count). The second kappa shape index (κ2) is 8.96. The number of fused-ring (bicyclic) bond motifs is 1. The van der Waals surface area contributed by atoms with Crippen molar-refractivity contribution in [2.45, 2.75) is 17.7 Å². The summed E-state index contributed by atoms with van der Waals surface area (Å²) in [5, 5.41) is 2.68. The number of anilines is 2. The first kappa shape index (κ1) is 21.8. The summed E-state index contributed by atoms with van der Waals surface area (Å²) in [7, 11) is -3.85. The maximum atomic E-state index is 13.6. The van der Waals surface area contributed by atoms with Gasteiger partial charge in [0.15, 0.2) is 18.2 Å². The molecule has 0 saturated heterocycles. The van der Waals surface area contributed by atoms with Crippen LogP contribution in [0.5, 0.6) is 5.75 Å². The standard InChI is InChI=1S/C23H20F2N2O4S/c24-17-7-10-19(11-8-17)32(29,30)27-13-3-4-16-14-18(9-12-21(16)27)26-23(28)15-31-22-6-2-1-5-20(22)25/h1-2,5-12,14H,3-4,13,15H2,(H,26,28). The van der Waals surface area contributed by atoms with E-state index in [4.69, 9.17) is 4.74 Å². The molecule has 0 unspecified atom stereocenters. The summed E-state index contributed by atoms with van der Waals surface area (Å²) in [5.74, 6) is -1.56. The van der Waals surface area contributed by atoms with Crippen molar-refractivity contribution in [1.29, 1.82) is 0 Å². The van der Waals surface area contributed by atoms with Gasteiger partial charge in [0.25, 0.3) is 15.9 Å². The smallest absolute Gasteiger partial charge is 0.264 e. The first-order valence-electron chi connectivity index (χ1n) is 9.93. The second-order valence-electron chi connectivity index (χ2n) is 7.25. The fourth-order valence-electron chi connectivity index (χ4n) is 3.53. The Morgan fingerprint density at radius 2 is 1.78 bits per heavy atom. The number of aryl methyl sites for hydroxylation is 1. The molecule has 0 radical (unpaired) electrons. The largest absolute Gasteiger partial charge is 0.481 e. The average Bonchev–Trinajstić information content (AvgIpc) is 2.78. The van der Waals surface area contributed by atoms with Gasteiger partial charge >= 0.3 is 0 Å². The van der Waals surface area contributed by atoms with Gasteiger partial charge in [-0.1, -0.05) is 12.1 Å². The van der Waals surface area contributed by atoms with Gasteiger partial charge in [0, 0.05) is 12.2 Å². The maximum absolute atomic E-state index is 13.6. The minimum atomic E-state index is -3.85. The summed E-state index contributed by atoms with van der Waals surface area (Å²) < 4.78 is 59.4. The maximum Gasteiger partial charge on any atom is 0.264 e. The molecule has 0 aliphatic carbocycles. The van der Waals surface area contributed by atoms with E-state index in [2.05, 4.69) is 5.32 Å². The summed E-state index contributed by atoms with van der Waals surface area (Å²) >= 11 is 0. The lowest BCUT2D eigenvalue weighted by molar-refractivity contribution is -0.118. The third kappa shape index (κ3) is 4.57. The summed E-state index contributed by atoms with van der Waals surface area (Å²) in [6.45, 7) is -0.0714. The Morgan fingerprint density at radius 3 is 2.53 bits per heavy atom. The van der Waals surface area contributed by atoms with Crippen molar-refractivity contribution in [3.8, 4) is 5.75 Å². The number of halogens is 2. The zero-order chi connectivity index (χ0) is 22.7. The monoisotopic (exact) mass is 458 g/mol. The van der Waals surface area contributed by atoms with Crippen LogP contribution in [0.2, 0.25) is 0 Å². The van der Waals surface area contributed by atoms with E-state index in [1.165, 1.54) is 34.6 Å². The topological polar surface area (TPSA) is 75.7 Å². The molecule has 3 aromatic carbocycles. The van der Waals surface area contributed by atoms with Crippen LogP contribution in [0.1, 0.15) is 12.0 Å². The van der Waals surface area contributed by atoms with Crippen molar-refractivity contribution < 1.29 is 26.7 Å². The van der Waals surface area contributed by atoms with Crippen molar-refractivity contribution in [2.75, 3.05) is 22.8 Å². The molecule has 3 aromatic rings. The van der Waals surface area contributed by atoms with E-state index in [-0.39, 0.29) is 17.3 Å². The average molecular weight is 458 g/mol. The predicted octanol–water partition coefficient (Wildman–Crippen LogP) is 4.12. The van der Waals surface area contributed by atoms with Crippen molar-refractivity contribution in [3.63, 3.8) is 0 Å². The lowest BCUT2D eigenvalue weighted by Crippen LogP contribution is -2.35. The molecule has 1 N–H and O–H groups in total. The molecular weight excluding hydrogens is 438 g/mol. The molecule has 9 heteroatoms. The Hall–Kier alpha value is -3.46. The number of carbonyl (C=O) groups excluding carboxylic acids is 1. The minimum absolute atomic E-state index is 0.00872. The molecule has 6 nitrogen and oxygen atoms in total. The minimum Gasteiger partial charge on any atom is -0.481 e. The second-order valence-corrected chi connectivity index (χ2v) is 9.11. The highest BCUT2D eigenvalue weighted by atomic mass is 32.2. The van der Waals surface area contributed by atoms with Crippen LogP contribution in [0.4, 0.5) is 20.2 Å². The molecule has 0 fully saturated rings. The molecule has 0 aromatic heterocycles. The number of para-hydroxylation sites is 1. The summed E-state index contributed by atoms with van der Waals surface area (Å²) in [6, 6.07) is 15.4. The van der Waals surface area contributed by atoms with Gasteiger partial charge in [-0.2, -0.15) is 0 Å². The van der Waals surface area contributed by atoms with Gasteiger partial charge in [-0.3, -0.25) is 9.10 Å². The SMILES string of the molecule is O=C(COc1ccccc1F)Nc1ccc2c(c1)CCCN2S(=O)(=O)c1ccc(F)cc1. The van der Waals surface area contributed by atoms with Crippen molar-refractivity contribution in [3.05, 3.63) is 83.9 Å². The normalized spacial score (nSPS) is 13.4. The number of hydrogen-bond acceptors (Lipinski definition) is 4. The number of nitrogens with zero attached hydrogens (tertiary/aromatic N) is 1. The van der Waals surface area contributed by atoms with E-state index in [1.54, 1.807) is 24.3 Å². The van der Waals surface area contributed by atoms with Crippen molar-refractivity contribution in [2.24, 2.45) is 0 Å². The molecule has 0 spiro atoms. The number of rotatable bonds is 6. The van der Waals surface area contributed by atoms with Crippen LogP contribution in [-0.2, 0) is 21.2 Å². The molecule has 1 aliphatic rings. The number of carbonyl (C=O) groups is 1. The Kier molecular flexibility index (Phi) is 6.09. The van der Waals surface area contributed by atoms with E-state index >= 15 is 0 Å². The molecule has 0 saturated carbocycles. The number of sulfonamides is 1.